The molecule has 21 heavy (non-hydrogen) atoms. The van der Waals surface area contributed by atoms with E-state index in [0.29, 0.717) is 21.8 Å². The Hall–Kier alpha value is -1.22. The monoisotopic (exact) mass is 323 g/mol. The van der Waals surface area contributed by atoms with E-state index >= 15 is 0 Å². The highest BCUT2D eigenvalue weighted by Gasteiger charge is 2.09. The zero-order chi connectivity index (χ0) is 15.2. The van der Waals surface area contributed by atoms with Crippen molar-refractivity contribution in [2.24, 2.45) is 0 Å². The maximum Gasteiger partial charge on any atom is 0.129 e. The van der Waals surface area contributed by atoms with Gasteiger partial charge in [0.25, 0.3) is 0 Å². The minimum absolute atomic E-state index is 0.340. The first-order valence-electron chi connectivity index (χ1n) is 7.10. The molecule has 2 nitrogen and oxygen atoms in total. The van der Waals surface area contributed by atoms with Gasteiger partial charge in [-0.05, 0) is 42.8 Å². The molecule has 1 atom stereocenters. The van der Waals surface area contributed by atoms with E-state index in [4.69, 9.17) is 27.9 Å². The van der Waals surface area contributed by atoms with Crippen LogP contribution in [0.1, 0.15) is 31.9 Å². The standard InChI is InChI=1S/C17H19Cl2NO/c1-3-17(20-4-2)12-6-5-7-13(10-12)21-14-8-9-15(18)16(19)11-14/h5-11,17,20H,3-4H2,1-2H3. The number of hydrogen-bond donors (Lipinski definition) is 1. The maximum absolute atomic E-state index is 6.00. The molecule has 1 N–H and O–H groups in total. The number of benzene rings is 2. The minimum Gasteiger partial charge on any atom is -0.457 e. The molecule has 0 radical (unpaired) electrons. The normalized spacial score (nSPS) is 12.2. The summed E-state index contributed by atoms with van der Waals surface area (Å²) in [4.78, 5) is 0. The third-order valence-corrected chi connectivity index (χ3v) is 3.99. The molecule has 2 aromatic carbocycles. The van der Waals surface area contributed by atoms with Crippen LogP contribution in [-0.2, 0) is 0 Å². The van der Waals surface area contributed by atoms with Gasteiger partial charge in [-0.15, -0.1) is 0 Å². The number of rotatable bonds is 6. The average Bonchev–Trinajstić information content (AvgIpc) is 2.49. The van der Waals surface area contributed by atoms with Gasteiger partial charge in [-0.25, -0.2) is 0 Å². The maximum atomic E-state index is 6.00. The molecule has 0 aromatic heterocycles. The lowest BCUT2D eigenvalue weighted by Crippen LogP contribution is -2.19. The number of nitrogens with one attached hydrogen (secondary N) is 1. The molecule has 0 heterocycles. The van der Waals surface area contributed by atoms with Gasteiger partial charge in [-0.1, -0.05) is 49.2 Å². The molecular weight excluding hydrogens is 305 g/mol. The molecule has 0 fully saturated rings. The van der Waals surface area contributed by atoms with Gasteiger partial charge in [0.1, 0.15) is 11.5 Å². The van der Waals surface area contributed by atoms with E-state index in [1.165, 1.54) is 5.56 Å². The van der Waals surface area contributed by atoms with Crippen molar-refractivity contribution < 1.29 is 4.74 Å². The molecule has 0 aliphatic heterocycles. The van der Waals surface area contributed by atoms with Crippen molar-refractivity contribution >= 4 is 23.2 Å². The first-order chi connectivity index (χ1) is 10.1. The van der Waals surface area contributed by atoms with E-state index < -0.39 is 0 Å². The van der Waals surface area contributed by atoms with Crippen LogP contribution in [0.15, 0.2) is 42.5 Å². The summed E-state index contributed by atoms with van der Waals surface area (Å²) < 4.78 is 5.86. The van der Waals surface area contributed by atoms with Crippen LogP contribution in [0.3, 0.4) is 0 Å². The van der Waals surface area contributed by atoms with Gasteiger partial charge in [0, 0.05) is 12.1 Å². The third-order valence-electron chi connectivity index (χ3n) is 3.25. The van der Waals surface area contributed by atoms with Gasteiger partial charge in [0.05, 0.1) is 10.0 Å². The van der Waals surface area contributed by atoms with E-state index in [1.54, 1.807) is 12.1 Å². The lowest BCUT2D eigenvalue weighted by Gasteiger charge is -2.17. The molecule has 0 amide bonds. The molecule has 2 aromatic rings. The highest BCUT2D eigenvalue weighted by Crippen LogP contribution is 2.30. The molecule has 0 saturated carbocycles. The molecule has 112 valence electrons. The fourth-order valence-electron chi connectivity index (χ4n) is 2.22. The van der Waals surface area contributed by atoms with E-state index in [9.17, 15) is 0 Å². The van der Waals surface area contributed by atoms with Crippen molar-refractivity contribution in [3.63, 3.8) is 0 Å². The molecular formula is C17H19Cl2NO. The zero-order valence-electron chi connectivity index (χ0n) is 12.2. The molecule has 4 heteroatoms. The summed E-state index contributed by atoms with van der Waals surface area (Å²) in [7, 11) is 0. The van der Waals surface area contributed by atoms with E-state index in [1.807, 2.05) is 18.2 Å². The Morgan fingerprint density at radius 3 is 2.43 bits per heavy atom. The van der Waals surface area contributed by atoms with Gasteiger partial charge < -0.3 is 10.1 Å². The molecule has 0 aliphatic rings. The number of ether oxygens (including phenoxy) is 1. The van der Waals surface area contributed by atoms with Gasteiger partial charge in [-0.2, -0.15) is 0 Å². The summed E-state index contributed by atoms with van der Waals surface area (Å²) in [5, 5.41) is 4.48. The Morgan fingerprint density at radius 1 is 1.00 bits per heavy atom. The smallest absolute Gasteiger partial charge is 0.129 e. The van der Waals surface area contributed by atoms with Crippen LogP contribution >= 0.6 is 23.2 Å². The van der Waals surface area contributed by atoms with Crippen molar-refractivity contribution in [2.75, 3.05) is 6.54 Å². The van der Waals surface area contributed by atoms with Crippen LogP contribution in [0.25, 0.3) is 0 Å². The summed E-state index contributed by atoms with van der Waals surface area (Å²) in [5.41, 5.74) is 1.22. The fourth-order valence-corrected chi connectivity index (χ4v) is 2.50. The Morgan fingerprint density at radius 2 is 1.76 bits per heavy atom. The van der Waals surface area contributed by atoms with Gasteiger partial charge in [0.2, 0.25) is 0 Å². The highest BCUT2D eigenvalue weighted by atomic mass is 35.5. The molecule has 0 aliphatic carbocycles. The number of hydrogen-bond acceptors (Lipinski definition) is 2. The first kappa shape index (κ1) is 16.2. The molecule has 0 bridgehead atoms. The van der Waals surface area contributed by atoms with Crippen molar-refractivity contribution in [3.8, 4) is 11.5 Å². The third kappa shape index (κ3) is 4.37. The summed E-state index contributed by atoms with van der Waals surface area (Å²) in [5.74, 6) is 1.47. The summed E-state index contributed by atoms with van der Waals surface area (Å²) in [6.07, 6.45) is 1.03. The van der Waals surface area contributed by atoms with E-state index in [-0.39, 0.29) is 0 Å². The molecule has 0 spiro atoms. The van der Waals surface area contributed by atoms with Crippen LogP contribution in [0.4, 0.5) is 0 Å². The molecule has 1 unspecified atom stereocenters. The van der Waals surface area contributed by atoms with Crippen molar-refractivity contribution in [2.45, 2.75) is 26.3 Å². The SMILES string of the molecule is CCNC(CC)c1cccc(Oc2ccc(Cl)c(Cl)c2)c1. The lowest BCUT2D eigenvalue weighted by atomic mass is 10.0. The fraction of sp³-hybridized carbons (Fsp3) is 0.294. The van der Waals surface area contributed by atoms with Crippen LogP contribution in [0.5, 0.6) is 11.5 Å². The van der Waals surface area contributed by atoms with E-state index in [2.05, 4.69) is 31.3 Å². The Balaban J connectivity index is 2.18. The Bertz CT molecular complexity index is 601. The van der Waals surface area contributed by atoms with Gasteiger partial charge in [-0.3, -0.25) is 0 Å². The Labute approximate surface area is 136 Å². The largest absolute Gasteiger partial charge is 0.457 e. The van der Waals surface area contributed by atoms with Crippen molar-refractivity contribution in [1.82, 2.24) is 5.32 Å². The highest BCUT2D eigenvalue weighted by molar-refractivity contribution is 6.42. The topological polar surface area (TPSA) is 21.3 Å². The second-order valence-corrected chi connectivity index (χ2v) is 5.58. The second kappa shape index (κ2) is 7.69. The summed E-state index contributed by atoms with van der Waals surface area (Å²) >= 11 is 11.9. The van der Waals surface area contributed by atoms with Crippen LogP contribution in [0.2, 0.25) is 10.0 Å². The first-order valence-corrected chi connectivity index (χ1v) is 7.85. The predicted molar refractivity (Wildman–Crippen MR) is 89.7 cm³/mol. The molecule has 2 rings (SSSR count). The summed E-state index contributed by atoms with van der Waals surface area (Å²) in [6.45, 7) is 5.22. The Kier molecular flexibility index (Phi) is 5.92. The molecule has 0 saturated heterocycles. The van der Waals surface area contributed by atoms with Crippen LogP contribution in [-0.4, -0.2) is 6.54 Å². The quantitative estimate of drug-likeness (QED) is 0.720. The zero-order valence-corrected chi connectivity index (χ0v) is 13.7. The van der Waals surface area contributed by atoms with E-state index in [0.717, 1.165) is 18.7 Å². The minimum atomic E-state index is 0.340. The predicted octanol–water partition coefficient (Wildman–Crippen LogP) is 5.85. The average molecular weight is 324 g/mol. The second-order valence-electron chi connectivity index (χ2n) is 4.77. The lowest BCUT2D eigenvalue weighted by molar-refractivity contribution is 0.477. The van der Waals surface area contributed by atoms with Crippen molar-refractivity contribution in [3.05, 3.63) is 58.1 Å². The van der Waals surface area contributed by atoms with Gasteiger partial charge in [0.15, 0.2) is 0 Å². The van der Waals surface area contributed by atoms with Crippen LogP contribution in [0, 0.1) is 0 Å². The van der Waals surface area contributed by atoms with Crippen LogP contribution < -0.4 is 10.1 Å². The van der Waals surface area contributed by atoms with Crippen molar-refractivity contribution in [1.29, 1.82) is 0 Å². The van der Waals surface area contributed by atoms with Gasteiger partial charge >= 0.3 is 0 Å². The summed E-state index contributed by atoms with van der Waals surface area (Å²) in [6, 6.07) is 13.7. The number of halogens is 2.